The van der Waals surface area contributed by atoms with E-state index in [1.165, 1.54) is 5.56 Å². The van der Waals surface area contributed by atoms with Crippen molar-refractivity contribution in [1.29, 1.82) is 0 Å². The highest BCUT2D eigenvalue weighted by molar-refractivity contribution is 5.79. The first-order valence-corrected chi connectivity index (χ1v) is 10.6. The lowest BCUT2D eigenvalue weighted by molar-refractivity contribution is 0.0170. The summed E-state index contributed by atoms with van der Waals surface area (Å²) in [4.78, 5) is 7.14. The zero-order valence-corrected chi connectivity index (χ0v) is 18.7. The number of morpholine rings is 1. The molecule has 1 saturated heterocycles. The summed E-state index contributed by atoms with van der Waals surface area (Å²) < 4.78 is 12.8. The quantitative estimate of drug-likeness (QED) is 0.355. The van der Waals surface area contributed by atoms with E-state index in [9.17, 15) is 0 Å². The zero-order valence-electron chi connectivity index (χ0n) is 18.7. The molecule has 31 heavy (non-hydrogen) atoms. The van der Waals surface area contributed by atoms with Crippen molar-refractivity contribution < 1.29 is 9.47 Å². The minimum absolute atomic E-state index is 0.183. The number of aromatic nitrogens is 3. The number of hydrogen-bond donors (Lipinski definition) is 2. The number of benzene rings is 1. The monoisotopic (exact) mass is 427 g/mol. The van der Waals surface area contributed by atoms with Gasteiger partial charge in [0.05, 0.1) is 26.4 Å². The van der Waals surface area contributed by atoms with E-state index in [-0.39, 0.29) is 6.04 Å². The molecule has 1 aliphatic rings. The Morgan fingerprint density at radius 2 is 2.00 bits per heavy atom. The van der Waals surface area contributed by atoms with Crippen LogP contribution in [0.5, 0.6) is 5.75 Å². The van der Waals surface area contributed by atoms with Crippen LogP contribution in [0.3, 0.4) is 0 Å². The van der Waals surface area contributed by atoms with Gasteiger partial charge in [0.15, 0.2) is 11.8 Å². The van der Waals surface area contributed by atoms with Gasteiger partial charge >= 0.3 is 0 Å². The Hall–Kier alpha value is -2.91. The molecule has 0 radical (unpaired) electrons. The van der Waals surface area contributed by atoms with Gasteiger partial charge in [-0.05, 0) is 24.6 Å². The van der Waals surface area contributed by atoms with Crippen molar-refractivity contribution in [3.05, 3.63) is 54.1 Å². The third-order valence-corrected chi connectivity index (χ3v) is 5.43. The Balaban J connectivity index is 1.73. The highest BCUT2D eigenvalue weighted by Crippen LogP contribution is 2.23. The van der Waals surface area contributed by atoms with E-state index in [2.05, 4.69) is 44.4 Å². The topological polar surface area (TPSA) is 88.8 Å². The summed E-state index contributed by atoms with van der Waals surface area (Å²) in [5.74, 6) is 3.25. The fourth-order valence-electron chi connectivity index (χ4n) is 3.45. The fraction of sp³-hybridized carbons (Fsp3) is 0.500. The first kappa shape index (κ1) is 22.8. The SMILES string of the molecule is C=CCNC(=NCc1nnc(C)n1C)NCC(c1ccc(OC)cc1)N1CCOCC1. The molecule has 1 aliphatic heterocycles. The van der Waals surface area contributed by atoms with Crippen LogP contribution in [0.15, 0.2) is 41.9 Å². The molecule has 9 heteroatoms. The highest BCUT2D eigenvalue weighted by atomic mass is 16.5. The van der Waals surface area contributed by atoms with Crippen LogP contribution < -0.4 is 15.4 Å². The molecule has 1 atom stereocenters. The number of aliphatic imine (C=N–C) groups is 1. The van der Waals surface area contributed by atoms with Crippen LogP contribution in [-0.2, 0) is 18.3 Å². The van der Waals surface area contributed by atoms with Gasteiger partial charge in [0.25, 0.3) is 0 Å². The third-order valence-electron chi connectivity index (χ3n) is 5.43. The number of nitrogens with one attached hydrogen (secondary N) is 2. The molecule has 2 heterocycles. The van der Waals surface area contributed by atoms with Crippen molar-refractivity contribution >= 4 is 5.96 Å². The van der Waals surface area contributed by atoms with Gasteiger partial charge in [0.2, 0.25) is 0 Å². The molecule has 2 aromatic rings. The maximum Gasteiger partial charge on any atom is 0.192 e. The van der Waals surface area contributed by atoms with Crippen LogP contribution in [0.2, 0.25) is 0 Å². The molecule has 1 aromatic heterocycles. The van der Waals surface area contributed by atoms with Gasteiger partial charge in [0, 0.05) is 33.2 Å². The smallest absolute Gasteiger partial charge is 0.192 e. The van der Waals surface area contributed by atoms with Crippen molar-refractivity contribution in [3.63, 3.8) is 0 Å². The molecule has 2 N–H and O–H groups in total. The van der Waals surface area contributed by atoms with Crippen molar-refractivity contribution in [3.8, 4) is 5.75 Å². The van der Waals surface area contributed by atoms with Crippen LogP contribution in [0.25, 0.3) is 0 Å². The van der Waals surface area contributed by atoms with E-state index in [1.54, 1.807) is 7.11 Å². The zero-order chi connectivity index (χ0) is 22.1. The van der Waals surface area contributed by atoms with E-state index in [0.29, 0.717) is 25.6 Å². The lowest BCUT2D eigenvalue weighted by Gasteiger charge is -2.35. The summed E-state index contributed by atoms with van der Waals surface area (Å²) in [7, 11) is 3.63. The van der Waals surface area contributed by atoms with Crippen LogP contribution in [0, 0.1) is 6.92 Å². The number of rotatable bonds is 9. The largest absolute Gasteiger partial charge is 0.497 e. The van der Waals surface area contributed by atoms with E-state index in [1.807, 2.05) is 36.7 Å². The lowest BCUT2D eigenvalue weighted by atomic mass is 10.0. The van der Waals surface area contributed by atoms with E-state index < -0.39 is 0 Å². The summed E-state index contributed by atoms with van der Waals surface area (Å²) in [6, 6.07) is 8.44. The molecule has 0 bridgehead atoms. The molecular weight excluding hydrogens is 394 g/mol. The average Bonchev–Trinajstić information content (AvgIpc) is 3.13. The van der Waals surface area contributed by atoms with E-state index in [0.717, 1.165) is 43.7 Å². The lowest BCUT2D eigenvalue weighted by Crippen LogP contribution is -2.46. The van der Waals surface area contributed by atoms with Crippen LogP contribution >= 0.6 is 0 Å². The van der Waals surface area contributed by atoms with Crippen molar-refractivity contribution in [2.24, 2.45) is 12.0 Å². The fourth-order valence-corrected chi connectivity index (χ4v) is 3.45. The minimum Gasteiger partial charge on any atom is -0.497 e. The predicted molar refractivity (Wildman–Crippen MR) is 121 cm³/mol. The normalized spacial score (nSPS) is 16.0. The molecule has 9 nitrogen and oxygen atoms in total. The maximum absolute atomic E-state index is 5.56. The summed E-state index contributed by atoms with van der Waals surface area (Å²) in [5, 5.41) is 15.1. The van der Waals surface area contributed by atoms with Gasteiger partial charge in [-0.3, -0.25) is 4.90 Å². The van der Waals surface area contributed by atoms with Gasteiger partial charge < -0.3 is 24.7 Å². The molecule has 0 saturated carbocycles. The van der Waals surface area contributed by atoms with Gasteiger partial charge in [-0.2, -0.15) is 0 Å². The average molecular weight is 428 g/mol. The van der Waals surface area contributed by atoms with Crippen LogP contribution in [0.4, 0.5) is 0 Å². The predicted octanol–water partition coefficient (Wildman–Crippen LogP) is 1.43. The Kier molecular flexibility index (Phi) is 8.43. The minimum atomic E-state index is 0.183. The molecule has 1 fully saturated rings. The molecule has 1 unspecified atom stereocenters. The van der Waals surface area contributed by atoms with Crippen molar-refractivity contribution in [1.82, 2.24) is 30.3 Å². The molecular formula is C22H33N7O2. The van der Waals surface area contributed by atoms with Gasteiger partial charge in [-0.15, -0.1) is 16.8 Å². The van der Waals surface area contributed by atoms with Gasteiger partial charge in [0.1, 0.15) is 18.1 Å². The van der Waals surface area contributed by atoms with Gasteiger partial charge in [-0.25, -0.2) is 4.99 Å². The second-order valence-electron chi connectivity index (χ2n) is 7.38. The number of guanidine groups is 1. The highest BCUT2D eigenvalue weighted by Gasteiger charge is 2.23. The molecule has 1 aromatic carbocycles. The standard InChI is InChI=1S/C22H33N7O2/c1-5-10-23-22(25-16-21-27-26-17(2)28(21)3)24-15-20(29-11-13-31-14-12-29)18-6-8-19(30-4)9-7-18/h5-9,20H,1,10-16H2,2-4H3,(H2,23,24,25). The second-order valence-corrected chi connectivity index (χ2v) is 7.38. The molecule has 3 rings (SSSR count). The summed E-state index contributed by atoms with van der Waals surface area (Å²) in [6.45, 7) is 10.8. The Bertz CT molecular complexity index is 857. The molecule has 168 valence electrons. The molecule has 0 aliphatic carbocycles. The van der Waals surface area contributed by atoms with Crippen LogP contribution in [0.1, 0.15) is 23.3 Å². The number of ether oxygens (including phenoxy) is 2. The Labute approximate surface area is 184 Å². The van der Waals surface area contributed by atoms with E-state index in [4.69, 9.17) is 14.5 Å². The van der Waals surface area contributed by atoms with Crippen molar-refractivity contribution in [2.75, 3.05) is 46.5 Å². The first-order valence-electron chi connectivity index (χ1n) is 10.6. The summed E-state index contributed by atoms with van der Waals surface area (Å²) in [5.41, 5.74) is 1.22. The second kappa shape index (κ2) is 11.5. The first-order chi connectivity index (χ1) is 15.1. The van der Waals surface area contributed by atoms with Crippen molar-refractivity contribution in [2.45, 2.75) is 19.5 Å². The van der Waals surface area contributed by atoms with Crippen LogP contribution in [-0.4, -0.2) is 72.1 Å². The summed E-state index contributed by atoms with van der Waals surface area (Å²) >= 11 is 0. The number of hydrogen-bond acceptors (Lipinski definition) is 6. The maximum atomic E-state index is 5.56. The Morgan fingerprint density at radius 1 is 1.26 bits per heavy atom. The number of nitrogens with zero attached hydrogens (tertiary/aromatic N) is 5. The number of methoxy groups -OCH3 is 1. The molecule has 0 amide bonds. The third kappa shape index (κ3) is 6.28. The van der Waals surface area contributed by atoms with Gasteiger partial charge in [-0.1, -0.05) is 18.2 Å². The summed E-state index contributed by atoms with van der Waals surface area (Å²) in [6.07, 6.45) is 1.81. The number of aryl methyl sites for hydroxylation is 1. The van der Waals surface area contributed by atoms with E-state index >= 15 is 0 Å². The Morgan fingerprint density at radius 3 is 2.61 bits per heavy atom. The molecule has 0 spiro atoms.